The van der Waals surface area contributed by atoms with Crippen LogP contribution < -0.4 is 9.47 Å². The number of aromatic nitrogens is 1. The molecule has 0 spiro atoms. The second-order valence-electron chi connectivity index (χ2n) is 10.7. The number of ether oxygens (including phenoxy) is 2. The Morgan fingerprint density at radius 1 is 1.12 bits per heavy atom. The molecule has 2 aliphatic rings. The van der Waals surface area contributed by atoms with E-state index in [1.807, 2.05) is 19.1 Å². The standard InChI is InChI=1S/C31H32F3NO5S/c1-4-19-13-22-20(14-24-28(22)29(24)30(36)37)15-26(19)40-16-18-6-8-25(31(32,33)34)23(12-18)21-7-9-27(35-17(21)2)39-10-5-11-41(3)38/h6-9,12-13,15,24,28-29H,4-5,10-11,14,16H2,1-3H3,(H,36,37). The van der Waals surface area contributed by atoms with Crippen molar-refractivity contribution in [3.8, 4) is 22.8 Å². The van der Waals surface area contributed by atoms with Crippen LogP contribution in [0.4, 0.5) is 13.2 Å². The number of carbonyl (C=O) groups is 1. The van der Waals surface area contributed by atoms with Crippen LogP contribution in [0, 0.1) is 18.8 Å². The quantitative estimate of drug-likeness (QED) is 0.264. The van der Waals surface area contributed by atoms with E-state index >= 15 is 0 Å². The number of fused-ring (bicyclic) bond motifs is 3. The van der Waals surface area contributed by atoms with Crippen molar-refractivity contribution < 1.29 is 36.8 Å². The molecule has 4 unspecified atom stereocenters. The number of aryl methyl sites for hydroxylation is 2. The van der Waals surface area contributed by atoms with Gasteiger partial charge in [0, 0.05) is 46.0 Å². The minimum atomic E-state index is -4.56. The zero-order chi connectivity index (χ0) is 29.5. The maximum absolute atomic E-state index is 14.0. The summed E-state index contributed by atoms with van der Waals surface area (Å²) in [5.74, 6) is 0.615. The van der Waals surface area contributed by atoms with E-state index in [2.05, 4.69) is 4.98 Å². The minimum Gasteiger partial charge on any atom is -0.489 e. The predicted octanol–water partition coefficient (Wildman–Crippen LogP) is 6.33. The molecule has 1 aromatic heterocycles. The molecule has 5 rings (SSSR count). The fourth-order valence-electron chi connectivity index (χ4n) is 5.88. The van der Waals surface area contributed by atoms with Gasteiger partial charge in [-0.05, 0) is 84.2 Å². The van der Waals surface area contributed by atoms with Crippen molar-refractivity contribution in [3.05, 3.63) is 76.0 Å². The number of carboxylic acids is 1. The molecule has 3 aromatic rings. The molecule has 4 atom stereocenters. The van der Waals surface area contributed by atoms with Crippen molar-refractivity contribution in [1.82, 2.24) is 4.98 Å². The van der Waals surface area contributed by atoms with Gasteiger partial charge in [-0.25, -0.2) is 4.98 Å². The van der Waals surface area contributed by atoms with E-state index in [0.29, 0.717) is 60.1 Å². The number of nitrogens with zero attached hydrogens (tertiary/aromatic N) is 1. The summed E-state index contributed by atoms with van der Waals surface area (Å²) in [6.07, 6.45) is -0.976. The Labute approximate surface area is 239 Å². The first-order valence-corrected chi connectivity index (χ1v) is 15.3. The van der Waals surface area contributed by atoms with Crippen molar-refractivity contribution >= 4 is 16.8 Å². The van der Waals surface area contributed by atoms with Crippen molar-refractivity contribution in [2.45, 2.75) is 51.8 Å². The number of hydrogen-bond acceptors (Lipinski definition) is 5. The Hall–Kier alpha value is -3.40. The van der Waals surface area contributed by atoms with E-state index in [1.54, 1.807) is 25.3 Å². The summed E-state index contributed by atoms with van der Waals surface area (Å²) in [4.78, 5) is 15.8. The normalized spacial score (nSPS) is 19.8. The lowest BCUT2D eigenvalue weighted by Crippen LogP contribution is -2.10. The summed E-state index contributed by atoms with van der Waals surface area (Å²) in [5, 5.41) is 9.43. The van der Waals surface area contributed by atoms with Crippen LogP contribution >= 0.6 is 0 Å². The molecule has 10 heteroatoms. The third-order valence-electron chi connectivity index (χ3n) is 7.93. The molecule has 218 valence electrons. The lowest BCUT2D eigenvalue weighted by molar-refractivity contribution is -0.139. The van der Waals surface area contributed by atoms with Crippen LogP contribution in [0.3, 0.4) is 0 Å². The molecule has 0 aliphatic heterocycles. The Kier molecular flexibility index (Phi) is 8.14. The number of carboxylic acid groups (broad SMARTS) is 1. The van der Waals surface area contributed by atoms with Crippen LogP contribution in [0.1, 0.15) is 52.8 Å². The summed E-state index contributed by atoms with van der Waals surface area (Å²) in [5.41, 5.74) is 3.70. The number of benzene rings is 2. The first-order chi connectivity index (χ1) is 19.5. The molecule has 0 saturated heterocycles. The first kappa shape index (κ1) is 29.1. The molecule has 1 N–H and O–H groups in total. The number of pyridine rings is 1. The molecule has 0 bridgehead atoms. The average Bonchev–Trinajstić information content (AvgIpc) is 3.52. The summed E-state index contributed by atoms with van der Waals surface area (Å²) < 4.78 is 65.0. The molecular weight excluding hydrogens is 555 g/mol. The number of alkyl halides is 3. The fraction of sp³-hybridized carbons (Fsp3) is 0.419. The minimum absolute atomic E-state index is 0.0148. The summed E-state index contributed by atoms with van der Waals surface area (Å²) in [6, 6.07) is 11.1. The van der Waals surface area contributed by atoms with Crippen LogP contribution in [0.5, 0.6) is 11.6 Å². The lowest BCUT2D eigenvalue weighted by atomic mass is 9.96. The fourth-order valence-corrected chi connectivity index (χ4v) is 6.40. The molecule has 41 heavy (non-hydrogen) atoms. The third kappa shape index (κ3) is 6.12. The van der Waals surface area contributed by atoms with Crippen LogP contribution in [0.25, 0.3) is 11.1 Å². The molecule has 2 aromatic carbocycles. The van der Waals surface area contributed by atoms with E-state index in [4.69, 9.17) is 9.47 Å². The topological polar surface area (TPSA) is 85.7 Å². The monoisotopic (exact) mass is 587 g/mol. The third-order valence-corrected chi connectivity index (χ3v) is 8.80. The zero-order valence-corrected chi connectivity index (χ0v) is 23.9. The highest BCUT2D eigenvalue weighted by atomic mass is 32.2. The average molecular weight is 588 g/mol. The van der Waals surface area contributed by atoms with E-state index in [1.165, 1.54) is 12.1 Å². The molecule has 1 fully saturated rings. The summed E-state index contributed by atoms with van der Waals surface area (Å²) in [6.45, 7) is 4.03. The second-order valence-corrected chi connectivity index (χ2v) is 12.3. The Bertz CT molecular complexity index is 1510. The van der Waals surface area contributed by atoms with Gasteiger partial charge >= 0.3 is 12.1 Å². The Balaban J connectivity index is 1.36. The molecule has 2 aliphatic carbocycles. The predicted molar refractivity (Wildman–Crippen MR) is 150 cm³/mol. The lowest BCUT2D eigenvalue weighted by Gasteiger charge is -2.18. The number of hydrogen-bond donors (Lipinski definition) is 1. The number of rotatable bonds is 11. The van der Waals surface area contributed by atoms with Gasteiger partial charge in [0.05, 0.1) is 18.1 Å². The van der Waals surface area contributed by atoms with Crippen molar-refractivity contribution in [1.29, 1.82) is 0 Å². The molecule has 1 saturated carbocycles. The molecule has 1 heterocycles. The maximum atomic E-state index is 14.0. The van der Waals surface area contributed by atoms with Crippen LogP contribution in [0.15, 0.2) is 42.5 Å². The molecule has 0 amide bonds. The highest BCUT2D eigenvalue weighted by Crippen LogP contribution is 2.62. The first-order valence-electron chi connectivity index (χ1n) is 13.6. The van der Waals surface area contributed by atoms with E-state index < -0.39 is 28.5 Å². The van der Waals surface area contributed by atoms with Gasteiger partial charge in [0.15, 0.2) is 0 Å². The van der Waals surface area contributed by atoms with Gasteiger partial charge in [-0.3, -0.25) is 9.00 Å². The van der Waals surface area contributed by atoms with Gasteiger partial charge in [-0.2, -0.15) is 13.2 Å². The van der Waals surface area contributed by atoms with Crippen LogP contribution in [-0.4, -0.2) is 38.9 Å². The highest BCUT2D eigenvalue weighted by molar-refractivity contribution is 7.84. The van der Waals surface area contributed by atoms with Crippen LogP contribution in [0.2, 0.25) is 0 Å². The smallest absolute Gasteiger partial charge is 0.417 e. The second kappa shape index (κ2) is 11.5. The summed E-state index contributed by atoms with van der Waals surface area (Å²) >= 11 is 0. The molecular formula is C31H32F3NO5S. The van der Waals surface area contributed by atoms with Gasteiger partial charge in [-0.1, -0.05) is 19.1 Å². The van der Waals surface area contributed by atoms with E-state index in [-0.39, 0.29) is 29.9 Å². The van der Waals surface area contributed by atoms with Crippen LogP contribution in [-0.2, 0) is 41.2 Å². The van der Waals surface area contributed by atoms with Gasteiger partial charge in [0.1, 0.15) is 12.4 Å². The van der Waals surface area contributed by atoms with Gasteiger partial charge in [0.2, 0.25) is 5.88 Å². The molecule has 6 nitrogen and oxygen atoms in total. The SMILES string of the molecule is CCc1cc2c(cc1OCc1ccc(C(F)(F)F)c(-c3ccc(OCCCS(C)=O)nc3C)c1)CC1C(C(=O)O)C21. The molecule has 0 radical (unpaired) electrons. The Morgan fingerprint density at radius 3 is 2.56 bits per heavy atom. The van der Waals surface area contributed by atoms with Gasteiger partial charge in [-0.15, -0.1) is 0 Å². The van der Waals surface area contributed by atoms with Crippen molar-refractivity contribution in [2.75, 3.05) is 18.6 Å². The highest BCUT2D eigenvalue weighted by Gasteiger charge is 2.59. The largest absolute Gasteiger partial charge is 0.489 e. The number of aliphatic carboxylic acids is 1. The van der Waals surface area contributed by atoms with Crippen molar-refractivity contribution in [2.24, 2.45) is 11.8 Å². The van der Waals surface area contributed by atoms with E-state index in [9.17, 15) is 27.3 Å². The zero-order valence-electron chi connectivity index (χ0n) is 23.1. The maximum Gasteiger partial charge on any atom is 0.417 e. The summed E-state index contributed by atoms with van der Waals surface area (Å²) in [7, 11) is -0.926. The van der Waals surface area contributed by atoms with Gasteiger partial charge in [0.25, 0.3) is 0 Å². The van der Waals surface area contributed by atoms with Gasteiger partial charge < -0.3 is 14.6 Å². The van der Waals surface area contributed by atoms with Crippen molar-refractivity contribution in [3.63, 3.8) is 0 Å². The van der Waals surface area contributed by atoms with E-state index in [0.717, 1.165) is 22.8 Å². The Morgan fingerprint density at radius 2 is 1.90 bits per heavy atom. The number of halogens is 3.